The predicted molar refractivity (Wildman–Crippen MR) is 78.2 cm³/mol. The molecule has 0 spiro atoms. The molecule has 0 radical (unpaired) electrons. The SMILES string of the molecule is O=c1c(N=Nc2ncc[nH]2)c(O)n(I)c(=O)n1I. The van der Waals surface area contributed by atoms with Crippen molar-refractivity contribution >= 4 is 57.4 Å². The zero-order valence-electron chi connectivity index (χ0n) is 8.41. The Balaban J connectivity index is 2.59. The summed E-state index contributed by atoms with van der Waals surface area (Å²) in [4.78, 5) is 29.6. The Bertz CT molecular complexity index is 716. The van der Waals surface area contributed by atoms with Crippen molar-refractivity contribution in [1.29, 1.82) is 0 Å². The standard InChI is InChI=1S/C7H4I2N6O3/c8-14-4(16)3(5(17)15(9)7(14)18)12-13-6-10-1-2-11-6/h1-2,16H,(H,10,11). The molecule has 0 aromatic carbocycles. The van der Waals surface area contributed by atoms with E-state index in [0.29, 0.717) is 0 Å². The summed E-state index contributed by atoms with van der Waals surface area (Å²) in [5, 5.41) is 16.9. The molecule has 0 fully saturated rings. The Hall–Kier alpha value is -1.25. The first-order valence-electron chi connectivity index (χ1n) is 4.37. The first kappa shape index (κ1) is 13.2. The molecule has 2 N–H and O–H groups in total. The number of nitrogens with one attached hydrogen (secondary N) is 1. The van der Waals surface area contributed by atoms with Crippen LogP contribution in [0.5, 0.6) is 5.88 Å². The predicted octanol–water partition coefficient (Wildman–Crippen LogP) is 1.25. The summed E-state index contributed by atoms with van der Waals surface area (Å²) in [5.74, 6) is -0.381. The van der Waals surface area contributed by atoms with Gasteiger partial charge in [-0.2, -0.15) is 5.56 Å². The third kappa shape index (κ3) is 2.31. The summed E-state index contributed by atoms with van der Waals surface area (Å²) in [6.45, 7) is 0. The van der Waals surface area contributed by atoms with Gasteiger partial charge in [-0.1, -0.05) is 0 Å². The van der Waals surface area contributed by atoms with Crippen LogP contribution < -0.4 is 11.2 Å². The quantitative estimate of drug-likeness (QED) is 0.504. The molecule has 18 heavy (non-hydrogen) atoms. The minimum absolute atomic E-state index is 0.181. The number of H-pyrrole nitrogens is 1. The van der Waals surface area contributed by atoms with E-state index in [9.17, 15) is 14.7 Å². The number of rotatable bonds is 2. The maximum Gasteiger partial charge on any atom is 0.352 e. The highest BCUT2D eigenvalue weighted by Crippen LogP contribution is 2.23. The van der Waals surface area contributed by atoms with Gasteiger partial charge in [0.25, 0.3) is 5.56 Å². The van der Waals surface area contributed by atoms with Crippen molar-refractivity contribution in [3.63, 3.8) is 0 Å². The van der Waals surface area contributed by atoms with Crippen LogP contribution in [-0.2, 0) is 0 Å². The van der Waals surface area contributed by atoms with E-state index in [-0.39, 0.29) is 11.6 Å². The zero-order valence-corrected chi connectivity index (χ0v) is 12.7. The molecule has 0 aliphatic rings. The highest BCUT2D eigenvalue weighted by Gasteiger charge is 2.16. The van der Waals surface area contributed by atoms with Crippen molar-refractivity contribution in [2.45, 2.75) is 0 Å². The summed E-state index contributed by atoms with van der Waals surface area (Å²) < 4.78 is 1.66. The van der Waals surface area contributed by atoms with Crippen LogP contribution in [0.25, 0.3) is 0 Å². The van der Waals surface area contributed by atoms with Crippen LogP contribution in [0.1, 0.15) is 0 Å². The maximum absolute atomic E-state index is 11.7. The van der Waals surface area contributed by atoms with E-state index < -0.39 is 17.1 Å². The van der Waals surface area contributed by atoms with Gasteiger partial charge in [-0.15, -0.1) is 10.2 Å². The molecule has 0 bridgehead atoms. The minimum atomic E-state index is -0.749. The van der Waals surface area contributed by atoms with E-state index in [4.69, 9.17) is 0 Å². The average molecular weight is 474 g/mol. The summed E-state index contributed by atoms with van der Waals surface area (Å²) in [7, 11) is 0. The lowest BCUT2D eigenvalue weighted by Crippen LogP contribution is -2.31. The Morgan fingerprint density at radius 2 is 2.00 bits per heavy atom. The van der Waals surface area contributed by atoms with Gasteiger partial charge in [0.2, 0.25) is 17.5 Å². The summed E-state index contributed by atoms with van der Waals surface area (Å²) in [5.41, 5.74) is -1.76. The van der Waals surface area contributed by atoms with E-state index in [0.717, 1.165) is 5.56 Å². The van der Waals surface area contributed by atoms with Crippen molar-refractivity contribution in [2.24, 2.45) is 10.2 Å². The highest BCUT2D eigenvalue weighted by atomic mass is 127. The number of nitrogens with zero attached hydrogens (tertiary/aromatic N) is 5. The number of hydrogen-bond donors (Lipinski definition) is 2. The molecule has 0 saturated carbocycles. The first-order valence-corrected chi connectivity index (χ1v) is 6.30. The first-order chi connectivity index (χ1) is 8.52. The van der Waals surface area contributed by atoms with Gasteiger partial charge in [0.1, 0.15) is 0 Å². The van der Waals surface area contributed by atoms with Gasteiger partial charge in [-0.3, -0.25) is 4.79 Å². The molecule has 2 aromatic heterocycles. The smallest absolute Gasteiger partial charge is 0.352 e. The molecule has 0 saturated heterocycles. The fraction of sp³-hybridized carbons (Fsp3) is 0. The Kier molecular flexibility index (Phi) is 3.79. The molecule has 11 heteroatoms. The lowest BCUT2D eigenvalue weighted by molar-refractivity contribution is 0.446. The van der Waals surface area contributed by atoms with Crippen LogP contribution in [0, 0.1) is 0 Å². The summed E-state index contributed by atoms with van der Waals surface area (Å²) in [6.07, 6.45) is 2.99. The van der Waals surface area contributed by atoms with E-state index in [1.807, 2.05) is 0 Å². The molecular weight excluding hydrogens is 470 g/mol. The third-order valence-electron chi connectivity index (χ3n) is 1.84. The van der Waals surface area contributed by atoms with Crippen LogP contribution in [0.4, 0.5) is 11.6 Å². The lowest BCUT2D eigenvalue weighted by Gasteiger charge is -2.02. The van der Waals surface area contributed by atoms with Crippen LogP contribution in [-0.4, -0.2) is 20.6 Å². The van der Waals surface area contributed by atoms with Gasteiger partial charge in [-0.25, -0.2) is 9.78 Å². The fourth-order valence-corrected chi connectivity index (χ4v) is 2.33. The van der Waals surface area contributed by atoms with E-state index >= 15 is 0 Å². The van der Waals surface area contributed by atoms with Crippen molar-refractivity contribution in [1.82, 2.24) is 15.5 Å². The Morgan fingerprint density at radius 1 is 1.28 bits per heavy atom. The second-order valence-electron chi connectivity index (χ2n) is 2.93. The van der Waals surface area contributed by atoms with Crippen molar-refractivity contribution in [2.75, 3.05) is 0 Å². The van der Waals surface area contributed by atoms with E-state index in [1.54, 1.807) is 22.9 Å². The molecule has 0 unspecified atom stereocenters. The number of azo groups is 1. The second kappa shape index (κ2) is 5.17. The van der Waals surface area contributed by atoms with Gasteiger partial charge >= 0.3 is 5.69 Å². The van der Waals surface area contributed by atoms with Crippen molar-refractivity contribution in [3.05, 3.63) is 33.2 Å². The van der Waals surface area contributed by atoms with E-state index in [1.165, 1.54) is 35.3 Å². The summed E-state index contributed by atoms with van der Waals surface area (Å²) >= 11 is 3.07. The van der Waals surface area contributed by atoms with Gasteiger partial charge < -0.3 is 10.1 Å². The molecule has 9 nitrogen and oxygen atoms in total. The van der Waals surface area contributed by atoms with E-state index in [2.05, 4.69) is 20.2 Å². The molecule has 94 valence electrons. The van der Waals surface area contributed by atoms with Crippen LogP contribution >= 0.6 is 45.7 Å². The fourth-order valence-electron chi connectivity index (χ4n) is 1.03. The molecule has 0 amide bonds. The summed E-state index contributed by atoms with van der Waals surface area (Å²) in [6, 6.07) is 0. The van der Waals surface area contributed by atoms with Crippen molar-refractivity contribution < 1.29 is 5.11 Å². The molecular formula is C7H4I2N6O3. The number of aromatic amines is 1. The molecule has 2 aromatic rings. The number of hydrogen-bond acceptors (Lipinski definition) is 6. The Labute approximate surface area is 127 Å². The third-order valence-corrected chi connectivity index (χ3v) is 3.56. The second-order valence-corrected chi connectivity index (χ2v) is 4.86. The van der Waals surface area contributed by atoms with Crippen LogP contribution in [0.2, 0.25) is 0 Å². The normalized spacial score (nSPS) is 11.2. The van der Waals surface area contributed by atoms with Gasteiger partial charge in [0, 0.05) is 12.4 Å². The average Bonchev–Trinajstić information content (AvgIpc) is 2.87. The monoisotopic (exact) mass is 474 g/mol. The molecule has 2 rings (SSSR count). The number of aromatic hydroxyl groups is 1. The van der Waals surface area contributed by atoms with Crippen molar-refractivity contribution in [3.8, 4) is 5.88 Å². The molecule has 0 aliphatic carbocycles. The number of aromatic nitrogens is 4. The maximum atomic E-state index is 11.7. The topological polar surface area (TPSA) is 118 Å². The highest BCUT2D eigenvalue weighted by molar-refractivity contribution is 14.1. The zero-order chi connectivity index (χ0) is 13.3. The van der Waals surface area contributed by atoms with Crippen LogP contribution in [0.15, 0.2) is 32.2 Å². The Morgan fingerprint density at radius 3 is 2.61 bits per heavy atom. The lowest BCUT2D eigenvalue weighted by atomic mass is 10.5. The van der Waals surface area contributed by atoms with Crippen LogP contribution in [0.3, 0.4) is 0 Å². The largest absolute Gasteiger partial charge is 0.492 e. The number of imidazole rings is 1. The van der Waals surface area contributed by atoms with Gasteiger partial charge in [-0.05, 0) is 0 Å². The number of halogens is 2. The van der Waals surface area contributed by atoms with Gasteiger partial charge in [0.05, 0.1) is 45.7 Å². The molecule has 2 heterocycles. The van der Waals surface area contributed by atoms with Gasteiger partial charge in [0.15, 0.2) is 0 Å². The minimum Gasteiger partial charge on any atom is -0.492 e. The molecule has 0 atom stereocenters. The molecule has 0 aliphatic heterocycles.